The van der Waals surface area contributed by atoms with E-state index in [1.165, 1.54) is 0 Å². The number of carbonyl (C=O) groups is 1. The van der Waals surface area contributed by atoms with Gasteiger partial charge in [-0.3, -0.25) is 4.79 Å². The number of halogens is 1. The van der Waals surface area contributed by atoms with Gasteiger partial charge in [-0.15, -0.1) is 0 Å². The van der Waals surface area contributed by atoms with E-state index in [1.807, 2.05) is 42.5 Å². The van der Waals surface area contributed by atoms with E-state index >= 15 is 0 Å². The monoisotopic (exact) mass is 396 g/mol. The van der Waals surface area contributed by atoms with Gasteiger partial charge >= 0.3 is 0 Å². The topological polar surface area (TPSA) is 64.4 Å². The highest BCUT2D eigenvalue weighted by molar-refractivity contribution is 6.30. The summed E-state index contributed by atoms with van der Waals surface area (Å²) in [6, 6.07) is 17.1. The number of carbonyl (C=O) groups excluding carboxylic acids is 1. The molecule has 1 heterocycles. The average molecular weight is 397 g/mol. The second kappa shape index (κ2) is 7.68. The number of aromatic nitrogens is 1. The Balaban J connectivity index is 1.39. The second-order valence-corrected chi connectivity index (χ2v) is 7.46. The van der Waals surface area contributed by atoms with Gasteiger partial charge in [-0.2, -0.15) is 0 Å². The lowest BCUT2D eigenvalue weighted by Gasteiger charge is -2.12. The van der Waals surface area contributed by atoms with Crippen molar-refractivity contribution in [1.82, 2.24) is 10.5 Å². The van der Waals surface area contributed by atoms with Crippen LogP contribution in [0.1, 0.15) is 24.1 Å². The van der Waals surface area contributed by atoms with Crippen molar-refractivity contribution in [3.05, 3.63) is 70.9 Å². The summed E-state index contributed by atoms with van der Waals surface area (Å²) >= 11 is 5.93. The van der Waals surface area contributed by atoms with E-state index in [-0.39, 0.29) is 5.91 Å². The summed E-state index contributed by atoms with van der Waals surface area (Å²) in [6.07, 6.45) is 2.31. The Morgan fingerprint density at radius 1 is 1.21 bits per heavy atom. The van der Waals surface area contributed by atoms with Gasteiger partial charge in [0.2, 0.25) is 5.91 Å². The molecular weight excluding hydrogens is 376 g/mol. The fourth-order valence-corrected chi connectivity index (χ4v) is 3.42. The zero-order valence-corrected chi connectivity index (χ0v) is 16.3. The number of hydrogen-bond donors (Lipinski definition) is 1. The van der Waals surface area contributed by atoms with Crippen LogP contribution in [-0.2, 0) is 16.6 Å². The molecule has 6 heteroatoms. The minimum absolute atomic E-state index is 0.00588. The molecule has 0 bridgehead atoms. The second-order valence-electron chi connectivity index (χ2n) is 7.02. The van der Waals surface area contributed by atoms with Gasteiger partial charge in [0.05, 0.1) is 18.2 Å². The quantitative estimate of drug-likeness (QED) is 0.643. The minimum atomic E-state index is -0.567. The normalized spacial score (nSPS) is 14.5. The first-order chi connectivity index (χ1) is 13.6. The molecule has 0 saturated heterocycles. The van der Waals surface area contributed by atoms with Gasteiger partial charge in [0.15, 0.2) is 5.76 Å². The summed E-state index contributed by atoms with van der Waals surface area (Å²) in [5.41, 5.74) is 2.13. The first kappa shape index (κ1) is 18.6. The van der Waals surface area contributed by atoms with Gasteiger partial charge in [-0.25, -0.2) is 0 Å². The predicted molar refractivity (Wildman–Crippen MR) is 108 cm³/mol. The third-order valence-corrected chi connectivity index (χ3v) is 5.40. The molecule has 0 atom stereocenters. The maximum Gasteiger partial charge on any atom is 0.232 e. The van der Waals surface area contributed by atoms with Gasteiger partial charge in [-0.05, 0) is 61.2 Å². The zero-order valence-electron chi connectivity index (χ0n) is 15.6. The third-order valence-electron chi connectivity index (χ3n) is 5.15. The molecule has 1 saturated carbocycles. The van der Waals surface area contributed by atoms with Crippen LogP contribution in [0.2, 0.25) is 5.02 Å². The number of ether oxygens (including phenoxy) is 1. The van der Waals surface area contributed by atoms with Crippen LogP contribution >= 0.6 is 11.6 Å². The molecule has 1 fully saturated rings. The number of methoxy groups -OCH3 is 1. The maximum absolute atomic E-state index is 12.8. The molecule has 0 radical (unpaired) electrons. The van der Waals surface area contributed by atoms with Crippen LogP contribution in [0.4, 0.5) is 0 Å². The number of amides is 1. The standard InChI is InChI=1S/C22H21ClN2O3/c1-27-18-4-2-3-15(13-18)9-12-24-21(26)22(10-11-22)20-14-19(28-25-20)16-5-7-17(23)8-6-16/h2-8,13-14H,9-12H2,1H3,(H,24,26). The van der Waals surface area contributed by atoms with Crippen molar-refractivity contribution < 1.29 is 14.1 Å². The lowest BCUT2D eigenvalue weighted by atomic mass is 10.00. The fourth-order valence-electron chi connectivity index (χ4n) is 3.29. The van der Waals surface area contributed by atoms with Crippen molar-refractivity contribution in [2.45, 2.75) is 24.7 Å². The Bertz CT molecular complexity index is 977. The Morgan fingerprint density at radius 3 is 2.71 bits per heavy atom. The van der Waals surface area contributed by atoms with E-state index in [0.29, 0.717) is 23.0 Å². The van der Waals surface area contributed by atoms with Gasteiger partial charge in [0, 0.05) is 23.2 Å². The molecule has 5 nitrogen and oxygen atoms in total. The van der Waals surface area contributed by atoms with Crippen LogP contribution in [0.25, 0.3) is 11.3 Å². The van der Waals surface area contributed by atoms with E-state index < -0.39 is 5.41 Å². The molecule has 1 aliphatic carbocycles. The first-order valence-electron chi connectivity index (χ1n) is 9.25. The summed E-state index contributed by atoms with van der Waals surface area (Å²) in [5.74, 6) is 1.47. The minimum Gasteiger partial charge on any atom is -0.497 e. The van der Waals surface area contributed by atoms with Crippen LogP contribution in [0.3, 0.4) is 0 Å². The molecule has 0 spiro atoms. The van der Waals surface area contributed by atoms with Crippen LogP contribution in [0, 0.1) is 0 Å². The molecule has 3 aromatic rings. The summed E-state index contributed by atoms with van der Waals surface area (Å²) < 4.78 is 10.7. The molecule has 28 heavy (non-hydrogen) atoms. The van der Waals surface area contributed by atoms with Crippen molar-refractivity contribution in [1.29, 1.82) is 0 Å². The lowest BCUT2D eigenvalue weighted by molar-refractivity contribution is -0.123. The summed E-state index contributed by atoms with van der Waals surface area (Å²) in [4.78, 5) is 12.8. The molecule has 0 unspecified atom stereocenters. The van der Waals surface area contributed by atoms with Crippen molar-refractivity contribution >= 4 is 17.5 Å². The van der Waals surface area contributed by atoms with Gasteiger partial charge in [-0.1, -0.05) is 28.9 Å². The average Bonchev–Trinajstić information content (AvgIpc) is 3.39. The molecular formula is C22H21ClN2O3. The van der Waals surface area contributed by atoms with Gasteiger partial charge in [0.1, 0.15) is 5.75 Å². The van der Waals surface area contributed by atoms with Crippen LogP contribution < -0.4 is 10.1 Å². The number of nitrogens with zero attached hydrogens (tertiary/aromatic N) is 1. The largest absolute Gasteiger partial charge is 0.497 e. The van der Waals surface area contributed by atoms with E-state index in [1.54, 1.807) is 19.2 Å². The SMILES string of the molecule is COc1cccc(CCNC(=O)C2(c3cc(-c4ccc(Cl)cc4)on3)CC2)c1. The molecule has 2 aromatic carbocycles. The number of nitrogens with one attached hydrogen (secondary N) is 1. The Labute approximate surface area is 168 Å². The smallest absolute Gasteiger partial charge is 0.232 e. The molecule has 0 aliphatic heterocycles. The van der Waals surface area contributed by atoms with Gasteiger partial charge < -0.3 is 14.6 Å². The van der Waals surface area contributed by atoms with E-state index in [4.69, 9.17) is 20.9 Å². The predicted octanol–water partition coefficient (Wildman–Crippen LogP) is 4.39. The number of rotatable bonds is 7. The molecule has 4 rings (SSSR count). The summed E-state index contributed by atoms with van der Waals surface area (Å²) in [5, 5.41) is 7.89. The van der Waals surface area contributed by atoms with Crippen LogP contribution in [0.15, 0.2) is 59.1 Å². The summed E-state index contributed by atoms with van der Waals surface area (Å²) in [7, 11) is 1.65. The third kappa shape index (κ3) is 3.76. The van der Waals surface area contributed by atoms with Crippen LogP contribution in [0.5, 0.6) is 5.75 Å². The van der Waals surface area contributed by atoms with Crippen LogP contribution in [-0.4, -0.2) is 24.7 Å². The Kier molecular flexibility index (Phi) is 5.09. The maximum atomic E-state index is 12.8. The Morgan fingerprint density at radius 2 is 2.00 bits per heavy atom. The highest BCUT2D eigenvalue weighted by atomic mass is 35.5. The molecule has 1 aliphatic rings. The lowest BCUT2D eigenvalue weighted by Crippen LogP contribution is -2.36. The van der Waals surface area contributed by atoms with E-state index in [2.05, 4.69) is 10.5 Å². The number of hydrogen-bond acceptors (Lipinski definition) is 4. The Hall–Kier alpha value is -2.79. The first-order valence-corrected chi connectivity index (χ1v) is 9.63. The van der Waals surface area contributed by atoms with E-state index in [0.717, 1.165) is 36.1 Å². The van der Waals surface area contributed by atoms with Crippen molar-refractivity contribution in [2.75, 3.05) is 13.7 Å². The van der Waals surface area contributed by atoms with Crippen molar-refractivity contribution in [2.24, 2.45) is 0 Å². The highest BCUT2D eigenvalue weighted by Gasteiger charge is 2.53. The highest BCUT2D eigenvalue weighted by Crippen LogP contribution is 2.48. The molecule has 144 valence electrons. The molecule has 1 N–H and O–H groups in total. The van der Waals surface area contributed by atoms with Crippen molar-refractivity contribution in [3.8, 4) is 17.1 Å². The van der Waals surface area contributed by atoms with Crippen molar-refractivity contribution in [3.63, 3.8) is 0 Å². The van der Waals surface area contributed by atoms with E-state index in [9.17, 15) is 4.79 Å². The number of benzene rings is 2. The molecule has 1 amide bonds. The molecule has 1 aromatic heterocycles. The zero-order chi connectivity index (χ0) is 19.6. The van der Waals surface area contributed by atoms with Gasteiger partial charge in [0.25, 0.3) is 0 Å². The summed E-state index contributed by atoms with van der Waals surface area (Å²) in [6.45, 7) is 0.565. The fraction of sp³-hybridized carbons (Fsp3) is 0.273.